The van der Waals surface area contributed by atoms with Crippen LogP contribution in [-0.4, -0.2) is 25.4 Å². The van der Waals surface area contributed by atoms with Gasteiger partial charge in [0.1, 0.15) is 11.6 Å². The number of hydrogen-bond acceptors (Lipinski definition) is 4. The first-order chi connectivity index (χ1) is 7.42. The summed E-state index contributed by atoms with van der Waals surface area (Å²) >= 11 is 0. The minimum absolute atomic E-state index is 0.125. The molecular formula is C9H13FN2O3S. The molecule has 1 aromatic heterocycles. The van der Waals surface area contributed by atoms with Crippen molar-refractivity contribution in [2.75, 3.05) is 18.2 Å². The molecule has 0 spiro atoms. The lowest BCUT2D eigenvalue weighted by atomic mass is 10.4. The molecule has 2 N–H and O–H groups in total. The number of alkyl halides is 1. The number of anilines is 1. The molecule has 0 aromatic carbocycles. The molecule has 0 saturated carbocycles. The van der Waals surface area contributed by atoms with Crippen LogP contribution in [0.25, 0.3) is 0 Å². The van der Waals surface area contributed by atoms with Crippen molar-refractivity contribution in [1.82, 2.24) is 4.57 Å². The van der Waals surface area contributed by atoms with E-state index in [0.29, 0.717) is 0 Å². The number of halogens is 1. The minimum Gasteiger partial charge on any atom is -0.398 e. The zero-order valence-electron chi connectivity index (χ0n) is 8.81. The van der Waals surface area contributed by atoms with Crippen LogP contribution in [0.4, 0.5) is 10.1 Å². The van der Waals surface area contributed by atoms with Crippen LogP contribution in [0.15, 0.2) is 22.0 Å². The number of pyridine rings is 1. The second kappa shape index (κ2) is 4.65. The van der Waals surface area contributed by atoms with Crippen molar-refractivity contribution in [2.45, 2.75) is 18.4 Å². The highest BCUT2D eigenvalue weighted by Crippen LogP contribution is 2.10. The van der Waals surface area contributed by atoms with Gasteiger partial charge in [0, 0.05) is 11.9 Å². The maximum absolute atomic E-state index is 12.2. The molecule has 0 aliphatic rings. The van der Waals surface area contributed by atoms with Crippen LogP contribution >= 0.6 is 0 Å². The monoisotopic (exact) mass is 248 g/mol. The van der Waals surface area contributed by atoms with E-state index in [1.807, 2.05) is 0 Å². The van der Waals surface area contributed by atoms with E-state index in [1.54, 1.807) is 0 Å². The van der Waals surface area contributed by atoms with Crippen molar-refractivity contribution in [1.29, 1.82) is 0 Å². The Morgan fingerprint density at radius 3 is 2.62 bits per heavy atom. The molecular weight excluding hydrogens is 235 g/mol. The molecule has 5 nitrogen and oxygen atoms in total. The van der Waals surface area contributed by atoms with Crippen molar-refractivity contribution >= 4 is 15.5 Å². The van der Waals surface area contributed by atoms with Crippen molar-refractivity contribution in [3.8, 4) is 0 Å². The Kier molecular flexibility index (Phi) is 3.69. The first-order valence-corrected chi connectivity index (χ1v) is 6.36. The molecule has 0 bridgehead atoms. The third kappa shape index (κ3) is 2.41. The molecule has 0 aliphatic heterocycles. The van der Waals surface area contributed by atoms with Crippen LogP contribution in [0, 0.1) is 0 Å². The van der Waals surface area contributed by atoms with E-state index in [4.69, 9.17) is 5.73 Å². The third-order valence-electron chi connectivity index (χ3n) is 2.11. The lowest BCUT2D eigenvalue weighted by Gasteiger charge is -2.07. The molecule has 1 heterocycles. The Labute approximate surface area is 92.6 Å². The van der Waals surface area contributed by atoms with E-state index < -0.39 is 22.1 Å². The van der Waals surface area contributed by atoms with Gasteiger partial charge in [-0.25, -0.2) is 12.8 Å². The quantitative estimate of drug-likeness (QED) is 0.824. The average molecular weight is 248 g/mol. The number of hydrogen-bond donors (Lipinski definition) is 1. The number of nitrogen functional groups attached to an aromatic ring is 1. The van der Waals surface area contributed by atoms with E-state index in [2.05, 4.69) is 0 Å². The van der Waals surface area contributed by atoms with Crippen LogP contribution in [0.3, 0.4) is 0 Å². The van der Waals surface area contributed by atoms with Crippen LogP contribution in [0.1, 0.15) is 6.92 Å². The molecule has 0 unspecified atom stereocenters. The summed E-state index contributed by atoms with van der Waals surface area (Å²) < 4.78 is 36.3. The lowest BCUT2D eigenvalue weighted by Crippen LogP contribution is -2.27. The molecule has 90 valence electrons. The van der Waals surface area contributed by atoms with Gasteiger partial charge in [-0.1, -0.05) is 6.92 Å². The Hall–Kier alpha value is -1.37. The molecule has 0 amide bonds. The normalized spacial score (nSPS) is 11.6. The van der Waals surface area contributed by atoms with Gasteiger partial charge >= 0.3 is 0 Å². The number of rotatable bonds is 4. The van der Waals surface area contributed by atoms with E-state index in [-0.39, 0.29) is 22.9 Å². The lowest BCUT2D eigenvalue weighted by molar-refractivity contribution is 0.438. The predicted molar refractivity (Wildman–Crippen MR) is 58.8 cm³/mol. The fraction of sp³-hybridized carbons (Fsp3) is 0.444. The van der Waals surface area contributed by atoms with Crippen molar-refractivity contribution in [2.24, 2.45) is 0 Å². The molecule has 0 fully saturated rings. The van der Waals surface area contributed by atoms with Crippen molar-refractivity contribution in [3.05, 3.63) is 22.6 Å². The highest BCUT2D eigenvalue weighted by atomic mass is 32.2. The maximum atomic E-state index is 12.2. The summed E-state index contributed by atoms with van der Waals surface area (Å²) in [7, 11) is -3.63. The van der Waals surface area contributed by atoms with Gasteiger partial charge < -0.3 is 10.3 Å². The summed E-state index contributed by atoms with van der Waals surface area (Å²) in [5.74, 6) is -0.193. The number of aryl methyl sites for hydroxylation is 1. The van der Waals surface area contributed by atoms with Gasteiger partial charge in [-0.2, -0.15) is 0 Å². The molecule has 7 heteroatoms. The highest BCUT2D eigenvalue weighted by molar-refractivity contribution is 7.91. The maximum Gasteiger partial charge on any atom is 0.269 e. The third-order valence-corrected chi connectivity index (χ3v) is 3.84. The molecule has 1 aromatic rings. The second-order valence-corrected chi connectivity index (χ2v) is 5.48. The molecule has 1 rings (SSSR count). The molecule has 0 saturated heterocycles. The molecule has 0 aliphatic carbocycles. The standard InChI is InChI=1S/C9H13FN2O3S/c1-2-16(14,15)8-5-7(11)6-12(4-3-10)9(8)13/h5-6H,2-4,11H2,1H3. The summed E-state index contributed by atoms with van der Waals surface area (Å²) in [6.45, 7) is 0.475. The van der Waals surface area contributed by atoms with Gasteiger partial charge in [-0.05, 0) is 6.07 Å². The minimum atomic E-state index is -3.63. The van der Waals surface area contributed by atoms with Gasteiger partial charge in [0.25, 0.3) is 5.56 Å². The van der Waals surface area contributed by atoms with Crippen LogP contribution in [0.2, 0.25) is 0 Å². The van der Waals surface area contributed by atoms with E-state index >= 15 is 0 Å². The number of nitrogens with zero attached hydrogens (tertiary/aromatic N) is 1. The topological polar surface area (TPSA) is 82.2 Å². The summed E-state index contributed by atoms with van der Waals surface area (Å²) in [4.78, 5) is 11.3. The Bertz CT molecular complexity index is 536. The van der Waals surface area contributed by atoms with Gasteiger partial charge in [-0.15, -0.1) is 0 Å². The number of nitrogens with two attached hydrogens (primary N) is 1. The summed E-state index contributed by atoms with van der Waals surface area (Å²) in [6.07, 6.45) is 1.23. The van der Waals surface area contributed by atoms with Crippen LogP contribution < -0.4 is 11.3 Å². The first kappa shape index (κ1) is 12.7. The molecule has 0 atom stereocenters. The predicted octanol–water partition coefficient (Wildman–Crippen LogP) is 0.194. The summed E-state index contributed by atoms with van der Waals surface area (Å²) in [6, 6.07) is 1.11. The SMILES string of the molecule is CCS(=O)(=O)c1cc(N)cn(CCF)c1=O. The highest BCUT2D eigenvalue weighted by Gasteiger charge is 2.18. The number of sulfone groups is 1. The van der Waals surface area contributed by atoms with E-state index in [9.17, 15) is 17.6 Å². The van der Waals surface area contributed by atoms with Gasteiger partial charge in [0.05, 0.1) is 12.3 Å². The van der Waals surface area contributed by atoms with Gasteiger partial charge in [0.2, 0.25) is 0 Å². The summed E-state index contributed by atoms with van der Waals surface area (Å²) in [5.41, 5.74) is 4.86. The smallest absolute Gasteiger partial charge is 0.269 e. The molecule has 0 radical (unpaired) electrons. The Morgan fingerprint density at radius 1 is 1.50 bits per heavy atom. The average Bonchev–Trinajstić information content (AvgIpc) is 2.23. The summed E-state index contributed by atoms with van der Waals surface area (Å²) in [5, 5.41) is 0. The van der Waals surface area contributed by atoms with Crippen LogP contribution in [0.5, 0.6) is 0 Å². The van der Waals surface area contributed by atoms with E-state index in [0.717, 1.165) is 10.6 Å². The van der Waals surface area contributed by atoms with Gasteiger partial charge in [-0.3, -0.25) is 4.79 Å². The molecule has 16 heavy (non-hydrogen) atoms. The zero-order valence-corrected chi connectivity index (χ0v) is 9.63. The second-order valence-electron chi connectivity index (χ2n) is 3.23. The van der Waals surface area contributed by atoms with Crippen molar-refractivity contribution in [3.63, 3.8) is 0 Å². The Morgan fingerprint density at radius 2 is 2.12 bits per heavy atom. The number of aromatic nitrogens is 1. The Balaban J connectivity index is 3.48. The van der Waals surface area contributed by atoms with Crippen molar-refractivity contribution < 1.29 is 12.8 Å². The fourth-order valence-electron chi connectivity index (χ4n) is 1.27. The fourth-order valence-corrected chi connectivity index (χ4v) is 2.28. The van der Waals surface area contributed by atoms with Crippen LogP contribution in [-0.2, 0) is 16.4 Å². The zero-order chi connectivity index (χ0) is 12.3. The largest absolute Gasteiger partial charge is 0.398 e. The first-order valence-electron chi connectivity index (χ1n) is 4.71. The van der Waals surface area contributed by atoms with Gasteiger partial charge in [0.15, 0.2) is 9.84 Å². The van der Waals surface area contributed by atoms with E-state index in [1.165, 1.54) is 13.1 Å².